The summed E-state index contributed by atoms with van der Waals surface area (Å²) in [4.78, 5) is 12.8. The number of ether oxygens (including phenoxy) is 2. The van der Waals surface area contributed by atoms with E-state index in [0.29, 0.717) is 15.7 Å². The van der Waals surface area contributed by atoms with Gasteiger partial charge in [-0.1, -0.05) is 35.5 Å². The standard InChI is InChI=1S/C18H17ClN2O3S/c1-23-13-5-3-4-11(8-13)9-16-17(22)21-18(25-16)20-14-10-12(19)6-7-15(14)24-2/h3-10,18,20H,1-2H3,(H,21,22)/b16-9-. The van der Waals surface area contributed by atoms with Crippen LogP contribution in [0.15, 0.2) is 47.4 Å². The Hall–Kier alpha value is -2.31. The van der Waals surface area contributed by atoms with Crippen molar-refractivity contribution in [3.63, 3.8) is 0 Å². The molecule has 2 N–H and O–H groups in total. The van der Waals surface area contributed by atoms with Crippen molar-refractivity contribution in [1.29, 1.82) is 0 Å². The molecule has 1 heterocycles. The van der Waals surface area contributed by atoms with Crippen LogP contribution in [0, 0.1) is 0 Å². The number of carbonyl (C=O) groups excluding carboxylic acids is 1. The molecule has 1 saturated heterocycles. The molecule has 0 spiro atoms. The zero-order valence-corrected chi connectivity index (χ0v) is 15.3. The number of halogens is 1. The van der Waals surface area contributed by atoms with E-state index in [0.717, 1.165) is 17.0 Å². The zero-order chi connectivity index (χ0) is 17.8. The van der Waals surface area contributed by atoms with Gasteiger partial charge in [0.2, 0.25) is 0 Å². The Morgan fingerprint density at radius 2 is 2.04 bits per heavy atom. The van der Waals surface area contributed by atoms with Gasteiger partial charge in [0, 0.05) is 5.02 Å². The molecule has 1 aliphatic heterocycles. The Balaban J connectivity index is 1.76. The predicted molar refractivity (Wildman–Crippen MR) is 102 cm³/mol. The lowest BCUT2D eigenvalue weighted by molar-refractivity contribution is -0.116. The molecule has 0 aromatic heterocycles. The van der Waals surface area contributed by atoms with Crippen molar-refractivity contribution in [2.75, 3.05) is 19.5 Å². The van der Waals surface area contributed by atoms with Crippen LogP contribution < -0.4 is 20.1 Å². The molecule has 2 aromatic rings. The molecule has 2 aromatic carbocycles. The van der Waals surface area contributed by atoms with Gasteiger partial charge in [0.05, 0.1) is 24.8 Å². The van der Waals surface area contributed by atoms with Crippen molar-refractivity contribution in [1.82, 2.24) is 5.32 Å². The van der Waals surface area contributed by atoms with Crippen molar-refractivity contribution in [2.45, 2.75) is 5.50 Å². The van der Waals surface area contributed by atoms with E-state index in [2.05, 4.69) is 10.6 Å². The van der Waals surface area contributed by atoms with Crippen LogP contribution in [0.4, 0.5) is 5.69 Å². The van der Waals surface area contributed by atoms with Crippen LogP contribution in [0.25, 0.3) is 6.08 Å². The van der Waals surface area contributed by atoms with Crippen LogP contribution in [0.1, 0.15) is 5.56 Å². The molecule has 25 heavy (non-hydrogen) atoms. The lowest BCUT2D eigenvalue weighted by Gasteiger charge is -2.15. The molecule has 1 aliphatic rings. The summed E-state index contributed by atoms with van der Waals surface area (Å²) in [5.74, 6) is 1.27. The largest absolute Gasteiger partial charge is 0.497 e. The number of carbonyl (C=O) groups is 1. The smallest absolute Gasteiger partial charge is 0.260 e. The molecule has 1 unspecified atom stereocenters. The van der Waals surface area contributed by atoms with Crippen molar-refractivity contribution in [2.24, 2.45) is 0 Å². The molecule has 0 saturated carbocycles. The van der Waals surface area contributed by atoms with Gasteiger partial charge in [-0.05, 0) is 42.0 Å². The minimum absolute atomic E-state index is 0.133. The normalized spacial score (nSPS) is 18.1. The summed E-state index contributed by atoms with van der Waals surface area (Å²) in [6.45, 7) is 0. The minimum atomic E-state index is -0.309. The van der Waals surface area contributed by atoms with Crippen LogP contribution in [0.2, 0.25) is 5.02 Å². The van der Waals surface area contributed by atoms with E-state index >= 15 is 0 Å². The first-order chi connectivity index (χ1) is 12.1. The Labute approximate surface area is 155 Å². The van der Waals surface area contributed by atoms with E-state index < -0.39 is 0 Å². The third kappa shape index (κ3) is 4.21. The van der Waals surface area contributed by atoms with Gasteiger partial charge >= 0.3 is 0 Å². The topological polar surface area (TPSA) is 59.6 Å². The molecule has 1 atom stereocenters. The van der Waals surface area contributed by atoms with Gasteiger partial charge in [0.15, 0.2) is 5.50 Å². The van der Waals surface area contributed by atoms with Gasteiger partial charge in [-0.25, -0.2) is 0 Å². The Morgan fingerprint density at radius 1 is 1.20 bits per heavy atom. The molecule has 3 rings (SSSR count). The number of methoxy groups -OCH3 is 2. The second-order valence-electron chi connectivity index (χ2n) is 5.25. The maximum atomic E-state index is 12.2. The highest BCUT2D eigenvalue weighted by molar-refractivity contribution is 8.05. The maximum Gasteiger partial charge on any atom is 0.260 e. The number of nitrogens with one attached hydrogen (secondary N) is 2. The first-order valence-electron chi connectivity index (χ1n) is 7.52. The van der Waals surface area contributed by atoms with Crippen LogP contribution in [-0.2, 0) is 4.79 Å². The fraction of sp³-hybridized carbons (Fsp3) is 0.167. The van der Waals surface area contributed by atoms with E-state index in [4.69, 9.17) is 21.1 Å². The molecular weight excluding hydrogens is 360 g/mol. The van der Waals surface area contributed by atoms with Crippen LogP contribution in [0.3, 0.4) is 0 Å². The van der Waals surface area contributed by atoms with Gasteiger partial charge < -0.3 is 20.1 Å². The Kier molecular flexibility index (Phi) is 5.40. The van der Waals surface area contributed by atoms with E-state index in [1.54, 1.807) is 32.4 Å². The summed E-state index contributed by atoms with van der Waals surface area (Å²) in [5.41, 5.74) is 1.31. The van der Waals surface area contributed by atoms with Gasteiger partial charge in [-0.2, -0.15) is 0 Å². The van der Waals surface area contributed by atoms with Crippen LogP contribution in [-0.4, -0.2) is 25.6 Å². The van der Waals surface area contributed by atoms with Gasteiger partial charge in [-0.15, -0.1) is 0 Å². The molecule has 0 aliphatic carbocycles. The SMILES string of the molecule is COc1cccc(/C=C2\SC(Nc3cc(Cl)ccc3OC)NC2=O)c1. The summed E-state index contributed by atoms with van der Waals surface area (Å²) < 4.78 is 10.5. The number of hydrogen-bond donors (Lipinski definition) is 2. The van der Waals surface area contributed by atoms with E-state index in [-0.39, 0.29) is 11.4 Å². The average Bonchev–Trinajstić information content (AvgIpc) is 2.94. The highest BCUT2D eigenvalue weighted by atomic mass is 35.5. The van der Waals surface area contributed by atoms with Crippen molar-refractivity contribution >= 4 is 41.0 Å². The number of hydrogen-bond acceptors (Lipinski definition) is 5. The second-order valence-corrected chi connectivity index (χ2v) is 6.83. The predicted octanol–water partition coefficient (Wildman–Crippen LogP) is 3.96. The first-order valence-corrected chi connectivity index (χ1v) is 8.78. The van der Waals surface area contributed by atoms with Crippen LogP contribution >= 0.6 is 23.4 Å². The highest BCUT2D eigenvalue weighted by Gasteiger charge is 2.27. The van der Waals surface area contributed by atoms with Crippen molar-refractivity contribution in [3.05, 3.63) is 58.0 Å². The van der Waals surface area contributed by atoms with Crippen molar-refractivity contribution < 1.29 is 14.3 Å². The molecule has 0 bridgehead atoms. The number of amides is 1. The summed E-state index contributed by atoms with van der Waals surface area (Å²) >= 11 is 7.44. The van der Waals surface area contributed by atoms with E-state index in [1.807, 2.05) is 30.3 Å². The third-order valence-corrected chi connectivity index (χ3v) is 4.83. The zero-order valence-electron chi connectivity index (χ0n) is 13.7. The molecule has 5 nitrogen and oxygen atoms in total. The van der Waals surface area contributed by atoms with Gasteiger partial charge in [-0.3, -0.25) is 4.79 Å². The first kappa shape index (κ1) is 17.5. The molecular formula is C18H17ClN2O3S. The lowest BCUT2D eigenvalue weighted by atomic mass is 10.2. The summed E-state index contributed by atoms with van der Waals surface area (Å²) in [6, 6.07) is 12.8. The second kappa shape index (κ2) is 7.72. The number of thioether (sulfide) groups is 1. The fourth-order valence-corrected chi connectivity index (χ4v) is 3.53. The number of anilines is 1. The van der Waals surface area contributed by atoms with E-state index in [9.17, 15) is 4.79 Å². The Morgan fingerprint density at radius 3 is 2.80 bits per heavy atom. The van der Waals surface area contributed by atoms with Crippen LogP contribution in [0.5, 0.6) is 11.5 Å². The van der Waals surface area contributed by atoms with E-state index in [1.165, 1.54) is 11.8 Å². The number of benzene rings is 2. The quantitative estimate of drug-likeness (QED) is 0.773. The number of rotatable bonds is 5. The summed E-state index contributed by atoms with van der Waals surface area (Å²) in [5, 5.41) is 6.70. The molecule has 7 heteroatoms. The Bertz CT molecular complexity index is 826. The van der Waals surface area contributed by atoms with Gasteiger partial charge in [0.25, 0.3) is 5.91 Å². The summed E-state index contributed by atoms with van der Waals surface area (Å²) in [7, 11) is 3.20. The molecule has 130 valence electrons. The maximum absolute atomic E-state index is 12.2. The average molecular weight is 377 g/mol. The fourth-order valence-electron chi connectivity index (χ4n) is 2.38. The monoisotopic (exact) mass is 376 g/mol. The molecule has 1 amide bonds. The minimum Gasteiger partial charge on any atom is -0.497 e. The third-order valence-electron chi connectivity index (χ3n) is 3.57. The summed E-state index contributed by atoms with van der Waals surface area (Å²) in [6.07, 6.45) is 1.83. The van der Waals surface area contributed by atoms with Gasteiger partial charge in [0.1, 0.15) is 11.5 Å². The highest BCUT2D eigenvalue weighted by Crippen LogP contribution is 2.34. The van der Waals surface area contributed by atoms with Crippen molar-refractivity contribution in [3.8, 4) is 11.5 Å². The lowest BCUT2D eigenvalue weighted by Crippen LogP contribution is -2.31. The molecule has 0 radical (unpaired) electrons. The molecule has 1 fully saturated rings.